The minimum absolute atomic E-state index is 0.482. The van der Waals surface area contributed by atoms with E-state index in [-0.39, 0.29) is 0 Å². The summed E-state index contributed by atoms with van der Waals surface area (Å²) >= 11 is 0. The topological polar surface area (TPSA) is 41.0 Å². The molecule has 1 heterocycles. The lowest BCUT2D eigenvalue weighted by molar-refractivity contribution is 0.577. The predicted octanol–water partition coefficient (Wildman–Crippen LogP) is 1.57. The average Bonchev–Trinajstić information content (AvgIpc) is 3.10. The molecule has 0 atom stereocenters. The number of anilines is 1. The van der Waals surface area contributed by atoms with Gasteiger partial charge in [0.25, 0.3) is 0 Å². The molecule has 0 bridgehead atoms. The fourth-order valence-electron chi connectivity index (χ4n) is 1.59. The van der Waals surface area contributed by atoms with Crippen LogP contribution in [-0.4, -0.2) is 29.3 Å². The van der Waals surface area contributed by atoms with E-state index in [1.807, 2.05) is 0 Å². The van der Waals surface area contributed by atoms with Crippen molar-refractivity contribution in [1.29, 1.82) is 0 Å². The molecule has 1 aliphatic carbocycles. The van der Waals surface area contributed by atoms with Gasteiger partial charge in [0.15, 0.2) is 5.82 Å². The number of nitrogens with zero attached hydrogens (tertiary/aromatic N) is 3. The van der Waals surface area contributed by atoms with Crippen LogP contribution in [0.3, 0.4) is 0 Å². The first-order valence-electron chi connectivity index (χ1n) is 5.95. The van der Waals surface area contributed by atoms with Gasteiger partial charge in [0.1, 0.15) is 0 Å². The minimum Gasteiger partial charge on any atom is -0.355 e. The van der Waals surface area contributed by atoms with Gasteiger partial charge in [-0.2, -0.15) is 5.10 Å². The number of rotatable bonds is 5. The van der Waals surface area contributed by atoms with Gasteiger partial charge in [-0.1, -0.05) is 13.8 Å². The maximum absolute atomic E-state index is 4.25. The summed E-state index contributed by atoms with van der Waals surface area (Å²) in [4.78, 5) is 2.21. The Kier molecular flexibility index (Phi) is 3.39. The highest BCUT2D eigenvalue weighted by atomic mass is 15.3. The molecule has 0 saturated heterocycles. The van der Waals surface area contributed by atoms with Crippen molar-refractivity contribution in [2.45, 2.75) is 45.3 Å². The van der Waals surface area contributed by atoms with E-state index in [0.29, 0.717) is 12.1 Å². The van der Waals surface area contributed by atoms with Crippen molar-refractivity contribution in [1.82, 2.24) is 15.5 Å². The Morgan fingerprint density at radius 3 is 2.62 bits per heavy atom. The molecule has 0 aromatic carbocycles. The van der Waals surface area contributed by atoms with E-state index in [0.717, 1.165) is 18.1 Å². The normalized spacial score (nSPS) is 15.5. The quantitative estimate of drug-likeness (QED) is 0.818. The second-order valence-corrected chi connectivity index (χ2v) is 4.76. The first-order chi connectivity index (χ1) is 7.66. The maximum atomic E-state index is 4.25. The van der Waals surface area contributed by atoms with Crippen LogP contribution < -0.4 is 10.2 Å². The Bertz CT molecular complexity index is 329. The SMILES string of the molecule is CC(C)NCc1ccc(N(C)C2CC2)nn1. The summed E-state index contributed by atoms with van der Waals surface area (Å²) in [5.74, 6) is 0.982. The zero-order chi connectivity index (χ0) is 11.5. The lowest BCUT2D eigenvalue weighted by Crippen LogP contribution is -2.24. The molecular formula is C12H20N4. The van der Waals surface area contributed by atoms with Crippen molar-refractivity contribution in [2.24, 2.45) is 0 Å². The Hall–Kier alpha value is -1.16. The van der Waals surface area contributed by atoms with E-state index < -0.39 is 0 Å². The molecule has 4 nitrogen and oxygen atoms in total. The number of hydrogen-bond donors (Lipinski definition) is 1. The largest absolute Gasteiger partial charge is 0.355 e. The van der Waals surface area contributed by atoms with Gasteiger partial charge in [0.05, 0.1) is 5.69 Å². The average molecular weight is 220 g/mol. The summed E-state index contributed by atoms with van der Waals surface area (Å²) in [6.45, 7) is 5.05. The molecule has 1 aliphatic rings. The molecule has 0 radical (unpaired) electrons. The number of aromatic nitrogens is 2. The van der Waals surface area contributed by atoms with Crippen molar-refractivity contribution in [3.8, 4) is 0 Å². The molecule has 2 rings (SSSR count). The van der Waals surface area contributed by atoms with Crippen LogP contribution in [-0.2, 0) is 6.54 Å². The van der Waals surface area contributed by atoms with Crippen molar-refractivity contribution in [3.05, 3.63) is 17.8 Å². The van der Waals surface area contributed by atoms with E-state index in [9.17, 15) is 0 Å². The van der Waals surface area contributed by atoms with Crippen LogP contribution in [0.5, 0.6) is 0 Å². The molecular weight excluding hydrogens is 200 g/mol. The van der Waals surface area contributed by atoms with E-state index in [2.05, 4.69) is 53.4 Å². The van der Waals surface area contributed by atoms with E-state index in [1.165, 1.54) is 12.8 Å². The fourth-order valence-corrected chi connectivity index (χ4v) is 1.59. The molecule has 0 unspecified atom stereocenters. The van der Waals surface area contributed by atoms with Gasteiger partial charge in [-0.3, -0.25) is 0 Å². The Morgan fingerprint density at radius 2 is 2.12 bits per heavy atom. The van der Waals surface area contributed by atoms with Gasteiger partial charge >= 0.3 is 0 Å². The third kappa shape index (κ3) is 2.92. The highest BCUT2D eigenvalue weighted by Gasteiger charge is 2.27. The molecule has 1 saturated carbocycles. The van der Waals surface area contributed by atoms with Crippen LogP contribution in [0.1, 0.15) is 32.4 Å². The van der Waals surface area contributed by atoms with Crippen LogP contribution in [0.4, 0.5) is 5.82 Å². The molecule has 1 aromatic rings. The van der Waals surface area contributed by atoms with Crippen molar-refractivity contribution < 1.29 is 0 Å². The number of hydrogen-bond acceptors (Lipinski definition) is 4. The van der Waals surface area contributed by atoms with Crippen LogP contribution in [0, 0.1) is 0 Å². The standard InChI is InChI=1S/C12H20N4/c1-9(2)13-8-10-4-7-12(15-14-10)16(3)11-5-6-11/h4,7,9,11,13H,5-6,8H2,1-3H3. The van der Waals surface area contributed by atoms with Gasteiger partial charge in [-0.25, -0.2) is 0 Å². The van der Waals surface area contributed by atoms with E-state index in [4.69, 9.17) is 0 Å². The third-order valence-electron chi connectivity index (χ3n) is 2.85. The Labute approximate surface area is 97.1 Å². The number of nitrogens with one attached hydrogen (secondary N) is 1. The van der Waals surface area contributed by atoms with E-state index in [1.54, 1.807) is 0 Å². The second kappa shape index (κ2) is 4.78. The molecule has 1 fully saturated rings. The summed E-state index contributed by atoms with van der Waals surface area (Å²) < 4.78 is 0. The summed E-state index contributed by atoms with van der Waals surface area (Å²) in [5, 5.41) is 11.8. The van der Waals surface area contributed by atoms with Crippen molar-refractivity contribution >= 4 is 5.82 Å². The second-order valence-electron chi connectivity index (χ2n) is 4.76. The molecule has 1 N–H and O–H groups in total. The summed E-state index contributed by atoms with van der Waals surface area (Å²) in [6.07, 6.45) is 2.57. The molecule has 0 aliphatic heterocycles. The summed E-state index contributed by atoms with van der Waals surface area (Å²) in [6, 6.07) is 5.28. The highest BCUT2D eigenvalue weighted by Crippen LogP contribution is 2.28. The Balaban J connectivity index is 1.93. The van der Waals surface area contributed by atoms with Crippen LogP contribution in [0.15, 0.2) is 12.1 Å². The van der Waals surface area contributed by atoms with Crippen molar-refractivity contribution in [2.75, 3.05) is 11.9 Å². The fraction of sp³-hybridized carbons (Fsp3) is 0.667. The smallest absolute Gasteiger partial charge is 0.151 e. The first kappa shape index (κ1) is 11.3. The van der Waals surface area contributed by atoms with Gasteiger partial charge in [-0.15, -0.1) is 5.10 Å². The Morgan fingerprint density at radius 1 is 1.38 bits per heavy atom. The van der Waals surface area contributed by atoms with Crippen LogP contribution in [0.2, 0.25) is 0 Å². The molecule has 1 aromatic heterocycles. The minimum atomic E-state index is 0.482. The predicted molar refractivity (Wildman–Crippen MR) is 65.4 cm³/mol. The summed E-state index contributed by atoms with van der Waals surface area (Å²) in [7, 11) is 2.09. The third-order valence-corrected chi connectivity index (χ3v) is 2.85. The zero-order valence-corrected chi connectivity index (χ0v) is 10.3. The van der Waals surface area contributed by atoms with Gasteiger partial charge in [0, 0.05) is 25.7 Å². The lowest BCUT2D eigenvalue weighted by atomic mass is 10.3. The first-order valence-corrected chi connectivity index (χ1v) is 5.95. The van der Waals surface area contributed by atoms with E-state index >= 15 is 0 Å². The molecule has 0 spiro atoms. The molecule has 16 heavy (non-hydrogen) atoms. The molecule has 4 heteroatoms. The molecule has 88 valence electrons. The van der Waals surface area contributed by atoms with Gasteiger partial charge in [0.2, 0.25) is 0 Å². The van der Waals surface area contributed by atoms with Crippen LogP contribution in [0.25, 0.3) is 0 Å². The zero-order valence-electron chi connectivity index (χ0n) is 10.3. The monoisotopic (exact) mass is 220 g/mol. The highest BCUT2D eigenvalue weighted by molar-refractivity contribution is 5.39. The lowest BCUT2D eigenvalue weighted by Gasteiger charge is -2.16. The molecule has 0 amide bonds. The van der Waals surface area contributed by atoms with Crippen molar-refractivity contribution in [3.63, 3.8) is 0 Å². The maximum Gasteiger partial charge on any atom is 0.151 e. The summed E-state index contributed by atoms with van der Waals surface area (Å²) in [5.41, 5.74) is 1.00. The van der Waals surface area contributed by atoms with Gasteiger partial charge < -0.3 is 10.2 Å². The van der Waals surface area contributed by atoms with Crippen LogP contribution >= 0.6 is 0 Å². The van der Waals surface area contributed by atoms with Gasteiger partial charge in [-0.05, 0) is 25.0 Å².